The minimum Gasteiger partial charge on any atom is -0.488 e. The molecule has 0 spiro atoms. The maximum absolute atomic E-state index is 12.6. The maximum Gasteiger partial charge on any atom is 0.343 e. The fraction of sp³-hybridized carbons (Fsp3) is 0.0909. The summed E-state index contributed by atoms with van der Waals surface area (Å²) >= 11 is 5.89. The molecule has 0 aliphatic rings. The largest absolute Gasteiger partial charge is 0.488 e. The standard InChI is InChI=1S/C22H16ClN3O4/c23-16-11-9-15(10-12-16)13-29-20-8-4-2-6-18(20)22(28)30-14-26-21(27)17-5-1-3-7-19(17)24-25-26/h1-12H,13-14H2. The third-order valence-electron chi connectivity index (χ3n) is 4.36. The summed E-state index contributed by atoms with van der Waals surface area (Å²) in [6.07, 6.45) is 0. The molecule has 0 bridgehead atoms. The van der Waals surface area contributed by atoms with E-state index in [1.165, 1.54) is 0 Å². The molecule has 8 heteroatoms. The summed E-state index contributed by atoms with van der Waals surface area (Å²) in [5.74, 6) is -0.266. The Labute approximate surface area is 176 Å². The summed E-state index contributed by atoms with van der Waals surface area (Å²) in [4.78, 5) is 25.0. The Bertz CT molecular complexity index is 1260. The number of aromatic nitrogens is 3. The lowest BCUT2D eigenvalue weighted by atomic mass is 10.2. The molecular formula is C22H16ClN3O4. The van der Waals surface area contributed by atoms with Crippen molar-refractivity contribution in [2.24, 2.45) is 0 Å². The molecule has 0 amide bonds. The number of ether oxygens (including phenoxy) is 2. The third kappa shape index (κ3) is 4.31. The van der Waals surface area contributed by atoms with Crippen molar-refractivity contribution in [2.75, 3.05) is 0 Å². The third-order valence-corrected chi connectivity index (χ3v) is 4.61. The first kappa shape index (κ1) is 19.6. The van der Waals surface area contributed by atoms with Crippen molar-refractivity contribution >= 4 is 28.5 Å². The Morgan fingerprint density at radius 1 is 0.967 bits per heavy atom. The molecule has 0 fully saturated rings. The van der Waals surface area contributed by atoms with Crippen molar-refractivity contribution in [1.82, 2.24) is 15.0 Å². The average molecular weight is 422 g/mol. The van der Waals surface area contributed by atoms with Gasteiger partial charge in [-0.2, -0.15) is 4.68 Å². The zero-order chi connectivity index (χ0) is 20.9. The minimum atomic E-state index is -0.636. The molecule has 0 saturated carbocycles. The zero-order valence-corrected chi connectivity index (χ0v) is 16.5. The van der Waals surface area contributed by atoms with Crippen LogP contribution in [0.1, 0.15) is 15.9 Å². The molecule has 7 nitrogen and oxygen atoms in total. The van der Waals surface area contributed by atoms with Crippen LogP contribution in [0.5, 0.6) is 5.75 Å². The van der Waals surface area contributed by atoms with Crippen LogP contribution in [0.4, 0.5) is 0 Å². The van der Waals surface area contributed by atoms with Gasteiger partial charge in [-0.05, 0) is 42.0 Å². The van der Waals surface area contributed by atoms with E-state index in [-0.39, 0.29) is 24.5 Å². The Morgan fingerprint density at radius 3 is 2.53 bits per heavy atom. The van der Waals surface area contributed by atoms with Crippen LogP contribution >= 0.6 is 11.6 Å². The predicted octanol–water partition coefficient (Wildman–Crippen LogP) is 3.84. The number of nitrogens with zero attached hydrogens (tertiary/aromatic N) is 3. The second-order valence-corrected chi connectivity index (χ2v) is 6.82. The molecular weight excluding hydrogens is 406 g/mol. The molecule has 1 heterocycles. The number of carbonyl (C=O) groups excluding carboxylic acids is 1. The van der Waals surface area contributed by atoms with Gasteiger partial charge < -0.3 is 9.47 Å². The number of esters is 1. The van der Waals surface area contributed by atoms with Gasteiger partial charge in [0.05, 0.1) is 5.39 Å². The molecule has 4 aromatic rings. The van der Waals surface area contributed by atoms with Gasteiger partial charge in [0.1, 0.15) is 23.4 Å². The number of halogens is 1. The first-order valence-corrected chi connectivity index (χ1v) is 9.45. The van der Waals surface area contributed by atoms with Crippen LogP contribution in [-0.2, 0) is 18.1 Å². The topological polar surface area (TPSA) is 83.3 Å². The van der Waals surface area contributed by atoms with E-state index in [2.05, 4.69) is 10.3 Å². The number of fused-ring (bicyclic) bond motifs is 1. The van der Waals surface area contributed by atoms with Gasteiger partial charge in [-0.15, -0.1) is 5.10 Å². The van der Waals surface area contributed by atoms with Crippen molar-refractivity contribution in [2.45, 2.75) is 13.3 Å². The smallest absolute Gasteiger partial charge is 0.343 e. The molecule has 3 aromatic carbocycles. The van der Waals surface area contributed by atoms with E-state index in [0.29, 0.717) is 21.7 Å². The van der Waals surface area contributed by atoms with Crippen molar-refractivity contribution < 1.29 is 14.3 Å². The second-order valence-electron chi connectivity index (χ2n) is 6.38. The highest BCUT2D eigenvalue weighted by Gasteiger charge is 2.15. The Morgan fingerprint density at radius 2 is 1.70 bits per heavy atom. The second kappa shape index (κ2) is 8.75. The summed E-state index contributed by atoms with van der Waals surface area (Å²) < 4.78 is 12.1. The molecule has 0 aliphatic carbocycles. The van der Waals surface area contributed by atoms with E-state index in [1.54, 1.807) is 60.7 Å². The van der Waals surface area contributed by atoms with E-state index in [4.69, 9.17) is 21.1 Å². The highest BCUT2D eigenvalue weighted by Crippen LogP contribution is 2.21. The van der Waals surface area contributed by atoms with Crippen LogP contribution in [0.2, 0.25) is 5.02 Å². The Kier molecular flexibility index (Phi) is 5.72. The Balaban J connectivity index is 1.47. The highest BCUT2D eigenvalue weighted by molar-refractivity contribution is 6.30. The van der Waals surface area contributed by atoms with Gasteiger partial charge in [-0.25, -0.2) is 4.79 Å². The number of hydrogen-bond acceptors (Lipinski definition) is 6. The molecule has 0 unspecified atom stereocenters. The maximum atomic E-state index is 12.6. The van der Waals surface area contributed by atoms with Gasteiger partial charge in [0, 0.05) is 5.02 Å². The van der Waals surface area contributed by atoms with Crippen LogP contribution in [0.3, 0.4) is 0 Å². The van der Waals surface area contributed by atoms with Crippen LogP contribution in [0.15, 0.2) is 77.6 Å². The SMILES string of the molecule is O=C(OCn1nnc2ccccc2c1=O)c1ccccc1OCc1ccc(Cl)cc1. The van der Waals surface area contributed by atoms with E-state index >= 15 is 0 Å². The van der Waals surface area contributed by atoms with Crippen molar-refractivity contribution in [3.8, 4) is 5.75 Å². The number of hydrogen-bond donors (Lipinski definition) is 0. The lowest BCUT2D eigenvalue weighted by Gasteiger charge is -2.12. The highest BCUT2D eigenvalue weighted by atomic mass is 35.5. The monoisotopic (exact) mass is 421 g/mol. The summed E-state index contributed by atoms with van der Waals surface area (Å²) in [6.45, 7) is -0.0991. The van der Waals surface area contributed by atoms with Gasteiger partial charge in [0.2, 0.25) is 0 Å². The molecule has 0 saturated heterocycles. The van der Waals surface area contributed by atoms with Crippen LogP contribution in [0.25, 0.3) is 10.9 Å². The van der Waals surface area contributed by atoms with Gasteiger partial charge in [0.25, 0.3) is 5.56 Å². The minimum absolute atomic E-state index is 0.244. The lowest BCUT2D eigenvalue weighted by molar-refractivity contribution is 0.0331. The quantitative estimate of drug-likeness (QED) is 0.440. The average Bonchev–Trinajstić information content (AvgIpc) is 2.78. The first-order valence-electron chi connectivity index (χ1n) is 9.08. The van der Waals surface area contributed by atoms with Crippen LogP contribution in [-0.4, -0.2) is 21.0 Å². The molecule has 1 aromatic heterocycles. The molecule has 30 heavy (non-hydrogen) atoms. The van der Waals surface area contributed by atoms with E-state index in [0.717, 1.165) is 10.2 Å². The molecule has 0 N–H and O–H groups in total. The molecule has 4 rings (SSSR count). The van der Waals surface area contributed by atoms with E-state index < -0.39 is 5.97 Å². The number of rotatable bonds is 6. The van der Waals surface area contributed by atoms with Crippen LogP contribution in [0, 0.1) is 0 Å². The summed E-state index contributed by atoms with van der Waals surface area (Å²) in [5.41, 5.74) is 1.24. The number of benzene rings is 3. The van der Waals surface area contributed by atoms with Gasteiger partial charge in [-0.3, -0.25) is 4.79 Å². The molecule has 0 aliphatic heterocycles. The van der Waals surface area contributed by atoms with Crippen LogP contribution < -0.4 is 10.3 Å². The number of carbonyl (C=O) groups is 1. The van der Waals surface area contributed by atoms with Crippen molar-refractivity contribution in [3.63, 3.8) is 0 Å². The normalized spacial score (nSPS) is 10.7. The van der Waals surface area contributed by atoms with Crippen molar-refractivity contribution in [3.05, 3.63) is 99.3 Å². The zero-order valence-electron chi connectivity index (χ0n) is 15.7. The van der Waals surface area contributed by atoms with Gasteiger partial charge in [-0.1, -0.05) is 53.2 Å². The molecule has 150 valence electrons. The van der Waals surface area contributed by atoms with Gasteiger partial charge >= 0.3 is 5.97 Å². The van der Waals surface area contributed by atoms with E-state index in [9.17, 15) is 9.59 Å². The lowest BCUT2D eigenvalue weighted by Crippen LogP contribution is -2.26. The molecule has 0 radical (unpaired) electrons. The predicted molar refractivity (Wildman–Crippen MR) is 111 cm³/mol. The summed E-state index contributed by atoms with van der Waals surface area (Å²) in [5, 5.41) is 8.81. The number of para-hydroxylation sites is 1. The van der Waals surface area contributed by atoms with Gasteiger partial charge in [0.15, 0.2) is 6.73 Å². The first-order chi connectivity index (χ1) is 14.6. The molecule has 0 atom stereocenters. The Hall–Kier alpha value is -3.71. The van der Waals surface area contributed by atoms with E-state index in [1.807, 2.05) is 12.1 Å². The summed E-state index contributed by atoms with van der Waals surface area (Å²) in [7, 11) is 0. The fourth-order valence-corrected chi connectivity index (χ4v) is 2.93. The summed E-state index contributed by atoms with van der Waals surface area (Å²) in [6, 6.07) is 20.8. The van der Waals surface area contributed by atoms with Crippen molar-refractivity contribution in [1.29, 1.82) is 0 Å². The fourth-order valence-electron chi connectivity index (χ4n) is 2.81.